The highest BCUT2D eigenvalue weighted by molar-refractivity contribution is 7.80. The average Bonchev–Trinajstić information content (AvgIpc) is 2.10. The van der Waals surface area contributed by atoms with Gasteiger partial charge in [0, 0.05) is 6.42 Å². The molecule has 0 aliphatic rings. The van der Waals surface area contributed by atoms with Gasteiger partial charge in [-0.2, -0.15) is 12.6 Å². The molecule has 0 aromatic heterocycles. The Hall–Kier alpha value is -0.810. The number of carboxylic acid groups (broad SMARTS) is 1. The Labute approximate surface area is 84.4 Å². The molecule has 0 saturated carbocycles. The van der Waals surface area contributed by atoms with Gasteiger partial charge in [-0.15, -0.1) is 13.2 Å². The minimum Gasteiger partial charge on any atom is -0.480 e. The lowest BCUT2D eigenvalue weighted by atomic mass is 10.6. The lowest BCUT2D eigenvalue weighted by Crippen LogP contribution is -2.16. The molecule has 0 amide bonds. The van der Waals surface area contributed by atoms with Crippen LogP contribution >= 0.6 is 12.6 Å². The lowest BCUT2D eigenvalue weighted by molar-refractivity contribution is -0.135. The predicted molar refractivity (Wildman–Crippen MR) is 57.4 cm³/mol. The van der Waals surface area contributed by atoms with E-state index in [4.69, 9.17) is 5.11 Å². The molecule has 0 aliphatic heterocycles. The van der Waals surface area contributed by atoms with Crippen molar-refractivity contribution in [1.29, 1.82) is 0 Å². The zero-order valence-electron chi connectivity index (χ0n) is 7.82. The van der Waals surface area contributed by atoms with Gasteiger partial charge in [0.05, 0.1) is 6.54 Å². The van der Waals surface area contributed by atoms with Gasteiger partial charge in [0.2, 0.25) is 0 Å². The van der Waals surface area contributed by atoms with Crippen LogP contribution in [0.25, 0.3) is 0 Å². The number of hydrogen-bond donors (Lipinski definition) is 3. The van der Waals surface area contributed by atoms with E-state index in [0.29, 0.717) is 12.2 Å². The van der Waals surface area contributed by atoms with Crippen molar-refractivity contribution >= 4 is 24.9 Å². The molecule has 0 saturated heterocycles. The first kappa shape index (κ1) is 18.1. The molecule has 0 spiro atoms. The number of hydrogen-bond acceptors (Lipinski definition) is 4. The minimum atomic E-state index is -0.822. The first-order valence-electron chi connectivity index (χ1n) is 3.60. The molecule has 5 heteroatoms. The molecular formula is C8H17NO3S. The smallest absolute Gasteiger partial charge is 0.317 e. The van der Waals surface area contributed by atoms with Crippen LogP contribution in [0, 0.1) is 0 Å². The average molecular weight is 207 g/mol. The van der Waals surface area contributed by atoms with Crippen LogP contribution in [0.5, 0.6) is 0 Å². The molecule has 13 heavy (non-hydrogen) atoms. The zero-order valence-corrected chi connectivity index (χ0v) is 8.72. The molecule has 78 valence electrons. The fraction of sp³-hybridized carbons (Fsp3) is 0.500. The first-order valence-corrected chi connectivity index (χ1v) is 4.23. The molecule has 0 rings (SSSR count). The van der Waals surface area contributed by atoms with Crippen LogP contribution in [0.2, 0.25) is 0 Å². The molecule has 0 heterocycles. The van der Waals surface area contributed by atoms with Gasteiger partial charge in [0.1, 0.15) is 6.29 Å². The summed E-state index contributed by atoms with van der Waals surface area (Å²) >= 11 is 3.77. The van der Waals surface area contributed by atoms with E-state index in [0.717, 1.165) is 6.29 Å². The number of carbonyl (C=O) groups is 2. The largest absolute Gasteiger partial charge is 0.480 e. The second-order valence-corrected chi connectivity index (χ2v) is 2.05. The summed E-state index contributed by atoms with van der Waals surface area (Å²) in [5, 5.41) is 10.3. The van der Waals surface area contributed by atoms with Gasteiger partial charge >= 0.3 is 5.97 Å². The van der Waals surface area contributed by atoms with Crippen molar-refractivity contribution in [2.75, 3.05) is 19.3 Å². The summed E-state index contributed by atoms with van der Waals surface area (Å²) in [6.45, 7) is 6.04. The number of rotatable bonds is 4. The van der Waals surface area contributed by atoms with Crippen LogP contribution < -0.4 is 5.32 Å². The quantitative estimate of drug-likeness (QED) is 0.359. The summed E-state index contributed by atoms with van der Waals surface area (Å²) in [6, 6.07) is 0. The summed E-state index contributed by atoms with van der Waals surface area (Å²) in [4.78, 5) is 18.9. The Balaban J connectivity index is -0.000000131. The van der Waals surface area contributed by atoms with Gasteiger partial charge in [0.15, 0.2) is 0 Å². The van der Waals surface area contributed by atoms with Crippen molar-refractivity contribution in [1.82, 2.24) is 5.32 Å². The monoisotopic (exact) mass is 207 g/mol. The summed E-state index contributed by atoms with van der Waals surface area (Å²) in [5.41, 5.74) is 0. The minimum absolute atomic E-state index is 0.0417. The Morgan fingerprint density at radius 2 is 2.08 bits per heavy atom. The van der Waals surface area contributed by atoms with Crippen LogP contribution in [0.1, 0.15) is 6.42 Å². The summed E-state index contributed by atoms with van der Waals surface area (Å²) in [7, 11) is 1.59. The van der Waals surface area contributed by atoms with E-state index in [-0.39, 0.29) is 6.54 Å². The Kier molecular flexibility index (Phi) is 31.2. The summed E-state index contributed by atoms with van der Waals surface area (Å²) < 4.78 is 0. The van der Waals surface area contributed by atoms with Crippen LogP contribution in [-0.4, -0.2) is 36.7 Å². The van der Waals surface area contributed by atoms with Gasteiger partial charge in [-0.3, -0.25) is 4.79 Å². The van der Waals surface area contributed by atoms with Crippen molar-refractivity contribution in [3.8, 4) is 0 Å². The maximum atomic E-state index is 9.54. The van der Waals surface area contributed by atoms with Crippen LogP contribution in [0.4, 0.5) is 0 Å². The van der Waals surface area contributed by atoms with E-state index in [1.165, 1.54) is 0 Å². The zero-order chi connectivity index (χ0) is 11.1. The molecule has 0 radical (unpaired) electrons. The molecule has 0 aromatic carbocycles. The molecular weight excluding hydrogens is 190 g/mol. The highest BCUT2D eigenvalue weighted by Gasteiger charge is 1.86. The van der Waals surface area contributed by atoms with E-state index < -0.39 is 5.97 Å². The Bertz CT molecular complexity index is 120. The van der Waals surface area contributed by atoms with E-state index >= 15 is 0 Å². The third-order valence-corrected chi connectivity index (χ3v) is 0.833. The van der Waals surface area contributed by atoms with Crippen molar-refractivity contribution in [2.45, 2.75) is 6.42 Å². The maximum Gasteiger partial charge on any atom is 0.317 e. The topological polar surface area (TPSA) is 66.4 Å². The number of aliphatic carboxylic acids is 1. The van der Waals surface area contributed by atoms with Crippen LogP contribution in [-0.2, 0) is 9.59 Å². The lowest BCUT2D eigenvalue weighted by Gasteiger charge is -1.84. The predicted octanol–water partition coefficient (Wildman–Crippen LogP) is 0.598. The SMILES string of the molecule is C=C.CNCC(=O)O.O=CCCS. The number of thiol groups is 1. The normalized spacial score (nSPS) is 6.92. The highest BCUT2D eigenvalue weighted by atomic mass is 32.1. The molecule has 0 fully saturated rings. The fourth-order valence-corrected chi connectivity index (χ4v) is 0.309. The second kappa shape index (κ2) is 22.5. The third-order valence-electron chi connectivity index (χ3n) is 0.575. The molecule has 0 atom stereocenters. The standard InChI is InChI=1S/C3H7NO2.C3H6OS.C2H4/c1-4-2-3(5)6;4-2-1-3-5;1-2/h4H,2H2,1H3,(H,5,6);2,5H,1,3H2;1-2H2. The van der Waals surface area contributed by atoms with Gasteiger partial charge in [-0.1, -0.05) is 0 Å². The number of aldehydes is 1. The molecule has 0 unspecified atom stereocenters. The van der Waals surface area contributed by atoms with Crippen molar-refractivity contribution in [2.24, 2.45) is 0 Å². The van der Waals surface area contributed by atoms with Crippen LogP contribution in [0.15, 0.2) is 13.2 Å². The Morgan fingerprint density at radius 1 is 1.62 bits per heavy atom. The first-order chi connectivity index (χ1) is 6.18. The number of carboxylic acids is 1. The second-order valence-electron chi connectivity index (χ2n) is 1.60. The van der Waals surface area contributed by atoms with E-state index in [1.807, 2.05) is 0 Å². The number of likely N-dealkylation sites (N-methyl/N-ethyl adjacent to an activating group) is 1. The summed E-state index contributed by atoms with van der Waals surface area (Å²) in [6.07, 6.45) is 1.43. The number of nitrogens with one attached hydrogen (secondary N) is 1. The van der Waals surface area contributed by atoms with Crippen molar-refractivity contribution in [3.05, 3.63) is 13.2 Å². The van der Waals surface area contributed by atoms with Gasteiger partial charge in [0.25, 0.3) is 0 Å². The molecule has 0 bridgehead atoms. The Morgan fingerprint density at radius 3 is 2.08 bits per heavy atom. The van der Waals surface area contributed by atoms with Gasteiger partial charge in [-0.05, 0) is 12.8 Å². The van der Waals surface area contributed by atoms with Crippen LogP contribution in [0.3, 0.4) is 0 Å². The highest BCUT2D eigenvalue weighted by Crippen LogP contribution is 1.73. The molecule has 2 N–H and O–H groups in total. The van der Waals surface area contributed by atoms with E-state index in [2.05, 4.69) is 31.1 Å². The maximum absolute atomic E-state index is 9.54. The van der Waals surface area contributed by atoms with E-state index in [9.17, 15) is 9.59 Å². The molecule has 4 nitrogen and oxygen atoms in total. The van der Waals surface area contributed by atoms with E-state index in [1.54, 1.807) is 7.05 Å². The molecule has 0 aliphatic carbocycles. The summed E-state index contributed by atoms with van der Waals surface area (Å²) in [5.74, 6) is -0.152. The third kappa shape index (κ3) is 53.8. The van der Waals surface area contributed by atoms with Crippen molar-refractivity contribution < 1.29 is 14.7 Å². The van der Waals surface area contributed by atoms with Crippen molar-refractivity contribution in [3.63, 3.8) is 0 Å². The molecule has 0 aromatic rings. The fourth-order valence-electron chi connectivity index (χ4n) is 0.204. The van der Waals surface area contributed by atoms with Gasteiger partial charge in [-0.25, -0.2) is 0 Å². The van der Waals surface area contributed by atoms with Gasteiger partial charge < -0.3 is 15.2 Å². The number of carbonyl (C=O) groups excluding carboxylic acids is 1.